The summed E-state index contributed by atoms with van der Waals surface area (Å²) in [4.78, 5) is 39.6. The molecule has 14 N–H and O–H groups in total. The number of guanidine groups is 1. The second kappa shape index (κ2) is 14.8. The molecule has 0 fully saturated rings. The molecule has 0 aliphatic carbocycles. The molecule has 0 spiro atoms. The molecule has 1 unspecified atom stereocenters. The van der Waals surface area contributed by atoms with Crippen LogP contribution in [0.15, 0.2) is 4.99 Å². The topological polar surface area (TPSA) is 307 Å². The quantitative estimate of drug-likeness (QED) is 0.0289. The van der Waals surface area contributed by atoms with Crippen LogP contribution in [0.1, 0.15) is 39.0 Å². The molecule has 0 aliphatic rings. The predicted molar refractivity (Wildman–Crippen MR) is 123 cm³/mol. The summed E-state index contributed by atoms with van der Waals surface area (Å²) < 4.78 is 42.9. The van der Waals surface area contributed by atoms with Gasteiger partial charge in [0.2, 0.25) is 11.8 Å². The van der Waals surface area contributed by atoms with E-state index in [1.807, 2.05) is 0 Å². The minimum absolute atomic E-state index is 0.0482. The molecule has 0 saturated carbocycles. The number of carbonyl (C=O) groups excluding carboxylic acids is 2. The van der Waals surface area contributed by atoms with Crippen molar-refractivity contribution < 1.29 is 37.0 Å². The van der Waals surface area contributed by atoms with Crippen molar-refractivity contribution in [2.24, 2.45) is 27.7 Å². The number of aliphatic imine (C=N–C) groups is 1. The number of hydrogen-bond donors (Lipinski definition) is 10. The number of amides is 2. The molecule has 0 aliphatic heterocycles. The van der Waals surface area contributed by atoms with Gasteiger partial charge in [0, 0.05) is 13.1 Å². The number of nitrogens with zero attached hydrogens (tertiary/aromatic N) is 1. The van der Waals surface area contributed by atoms with Crippen molar-refractivity contribution in [2.45, 2.75) is 57.2 Å². The van der Waals surface area contributed by atoms with Gasteiger partial charge in [0.15, 0.2) is 5.96 Å². The fraction of sp³-hybridized carbons (Fsp3) is 0.733. The number of carbonyl (C=O) groups is 3. The summed E-state index contributed by atoms with van der Waals surface area (Å²) in [6, 6.07) is -3.33. The Kier molecular flexibility index (Phi) is 13.8. The highest BCUT2D eigenvalue weighted by Crippen LogP contribution is 2.25. The Hall–Kier alpha value is -2.34. The number of nitrogens with one attached hydrogen (secondary N) is 4. The lowest BCUT2D eigenvalue weighted by Crippen LogP contribution is -2.53. The monoisotopic (exact) mass is 531 g/mol. The molecular formula is C15H34N9O8PS. The number of aliphatic carboxylic acids is 1. The molecular weight excluding hydrogens is 497 g/mol. The van der Waals surface area contributed by atoms with Crippen LogP contribution < -0.4 is 42.9 Å². The fourth-order valence-electron chi connectivity index (χ4n) is 2.51. The Balaban J connectivity index is 4.47. The van der Waals surface area contributed by atoms with E-state index < -0.39 is 53.8 Å². The summed E-state index contributed by atoms with van der Waals surface area (Å²) in [7, 11) is -8.84. The van der Waals surface area contributed by atoms with Crippen LogP contribution in [0.25, 0.3) is 0 Å². The summed E-state index contributed by atoms with van der Waals surface area (Å²) in [6.45, 7) is 1.57. The zero-order valence-corrected chi connectivity index (χ0v) is 20.3. The molecule has 19 heteroatoms. The molecule has 0 heterocycles. The minimum atomic E-state index is -4.77. The van der Waals surface area contributed by atoms with E-state index in [1.54, 1.807) is 0 Å². The van der Waals surface area contributed by atoms with Gasteiger partial charge in [-0.25, -0.2) is 9.88 Å². The third-order valence-corrected chi connectivity index (χ3v) is 6.89. The van der Waals surface area contributed by atoms with Crippen molar-refractivity contribution in [2.75, 3.05) is 13.1 Å². The standard InChI is InChI=1S/C15H34N9O8PS/c1-9(12(25)23-11(14(27)28)6-2-3-7-20-15(17)18)22-13(26)10(16)5-4-8-21-33(19,29)24-34(30,31)32/h9-11H,2-8,16H2,1H3,(H,22,26)(H,23,25)(H,27,28)(H4,17,18,20)(H,30,31,32)(H4,19,21,24,29)/t9-,10-,11-,33?/m1/s1. The van der Waals surface area contributed by atoms with Gasteiger partial charge >= 0.3 is 16.3 Å². The van der Waals surface area contributed by atoms with E-state index in [4.69, 9.17) is 27.3 Å². The number of carboxylic acid groups (broad SMARTS) is 1. The Morgan fingerprint density at radius 3 is 2.21 bits per heavy atom. The smallest absolute Gasteiger partial charge is 0.341 e. The first-order chi connectivity index (χ1) is 15.5. The van der Waals surface area contributed by atoms with Gasteiger partial charge in [0.25, 0.3) is 7.59 Å². The highest BCUT2D eigenvalue weighted by molar-refractivity contribution is 7.90. The highest BCUT2D eigenvalue weighted by atomic mass is 32.2. The zero-order chi connectivity index (χ0) is 26.5. The number of carboxylic acids is 1. The summed E-state index contributed by atoms with van der Waals surface area (Å²) in [5.74, 6) is -2.73. The van der Waals surface area contributed by atoms with Gasteiger partial charge in [-0.15, -0.1) is 4.49 Å². The van der Waals surface area contributed by atoms with Crippen molar-refractivity contribution in [3.63, 3.8) is 0 Å². The van der Waals surface area contributed by atoms with Gasteiger partial charge in [-0.2, -0.15) is 8.42 Å². The van der Waals surface area contributed by atoms with Crippen LogP contribution in [-0.4, -0.2) is 73.0 Å². The van der Waals surface area contributed by atoms with Crippen LogP contribution in [-0.2, 0) is 29.3 Å². The summed E-state index contributed by atoms with van der Waals surface area (Å²) in [5, 5.41) is 16.2. The average molecular weight is 532 g/mol. The zero-order valence-electron chi connectivity index (χ0n) is 18.6. The third kappa shape index (κ3) is 15.5. The molecule has 0 aromatic heterocycles. The van der Waals surface area contributed by atoms with E-state index in [1.165, 1.54) is 11.4 Å². The number of rotatable bonds is 17. The Morgan fingerprint density at radius 1 is 1.06 bits per heavy atom. The molecule has 17 nitrogen and oxygen atoms in total. The molecule has 0 saturated heterocycles. The van der Waals surface area contributed by atoms with Crippen LogP contribution in [0.3, 0.4) is 0 Å². The molecule has 34 heavy (non-hydrogen) atoms. The third-order valence-electron chi connectivity index (χ3n) is 4.19. The molecule has 0 rings (SSSR count). The van der Waals surface area contributed by atoms with E-state index in [9.17, 15) is 32.5 Å². The molecule has 198 valence electrons. The second-order valence-corrected chi connectivity index (χ2v) is 10.6. The first-order valence-electron chi connectivity index (χ1n) is 10.1. The van der Waals surface area contributed by atoms with Gasteiger partial charge in [0.1, 0.15) is 12.1 Å². The highest BCUT2D eigenvalue weighted by Gasteiger charge is 2.25. The van der Waals surface area contributed by atoms with Gasteiger partial charge in [-0.05, 0) is 39.0 Å². The minimum Gasteiger partial charge on any atom is -0.480 e. The SMILES string of the molecule is C[C@@H](NC(=O)[C@H](N)CCCNP(N)(=O)NS(=O)(=O)O)C(=O)N[C@H](CCCCN=C(N)N)C(=O)O. The molecule has 0 bridgehead atoms. The van der Waals surface area contributed by atoms with Crippen molar-refractivity contribution in [1.29, 1.82) is 0 Å². The van der Waals surface area contributed by atoms with Crippen LogP contribution >= 0.6 is 7.59 Å². The molecule has 4 atom stereocenters. The summed E-state index contributed by atoms with van der Waals surface area (Å²) in [6.07, 6.45) is 1.27. The Labute approximate surface area is 197 Å². The first-order valence-corrected chi connectivity index (χ1v) is 13.3. The number of nitrogens with two attached hydrogens (primary N) is 4. The van der Waals surface area contributed by atoms with Gasteiger partial charge in [-0.3, -0.25) is 29.2 Å². The van der Waals surface area contributed by atoms with Gasteiger partial charge < -0.3 is 32.9 Å². The van der Waals surface area contributed by atoms with Crippen LogP contribution in [0.5, 0.6) is 0 Å². The van der Waals surface area contributed by atoms with E-state index in [-0.39, 0.29) is 31.8 Å². The maximum atomic E-state index is 12.3. The predicted octanol–water partition coefficient (Wildman–Crippen LogP) is -3.34. The lowest BCUT2D eigenvalue weighted by atomic mass is 10.1. The van der Waals surface area contributed by atoms with Crippen molar-refractivity contribution in [3.8, 4) is 0 Å². The molecule has 0 radical (unpaired) electrons. The lowest BCUT2D eigenvalue weighted by Gasteiger charge is -2.20. The van der Waals surface area contributed by atoms with Gasteiger partial charge in [0.05, 0.1) is 6.04 Å². The summed E-state index contributed by atoms with van der Waals surface area (Å²) >= 11 is 0. The molecule has 2 amide bonds. The molecule has 0 aromatic rings. The van der Waals surface area contributed by atoms with Crippen molar-refractivity contribution in [1.82, 2.24) is 20.2 Å². The molecule has 0 aromatic carbocycles. The Morgan fingerprint density at radius 2 is 1.68 bits per heavy atom. The van der Waals surface area contributed by atoms with E-state index in [0.29, 0.717) is 19.4 Å². The Bertz CT molecular complexity index is 881. The average Bonchev–Trinajstić information content (AvgIpc) is 2.67. The van der Waals surface area contributed by atoms with Crippen molar-refractivity contribution in [3.05, 3.63) is 0 Å². The summed E-state index contributed by atoms with van der Waals surface area (Å²) in [5.41, 5.74) is 21.3. The van der Waals surface area contributed by atoms with Crippen LogP contribution in [0, 0.1) is 0 Å². The second-order valence-electron chi connectivity index (χ2n) is 7.31. The van der Waals surface area contributed by atoms with Crippen LogP contribution in [0.4, 0.5) is 0 Å². The largest absolute Gasteiger partial charge is 0.480 e. The van der Waals surface area contributed by atoms with E-state index in [2.05, 4.69) is 20.7 Å². The maximum Gasteiger partial charge on any atom is 0.341 e. The van der Waals surface area contributed by atoms with Gasteiger partial charge in [-0.1, -0.05) is 0 Å². The van der Waals surface area contributed by atoms with Crippen molar-refractivity contribution >= 4 is 41.6 Å². The number of unbranched alkanes of at least 4 members (excludes halogenated alkanes) is 1. The first kappa shape index (κ1) is 31.7. The maximum absolute atomic E-state index is 12.3. The van der Waals surface area contributed by atoms with Crippen LogP contribution in [0.2, 0.25) is 0 Å². The van der Waals surface area contributed by atoms with E-state index in [0.717, 1.165) is 0 Å². The fourth-order valence-corrected chi connectivity index (χ4v) is 4.63. The normalized spacial score (nSPS) is 15.9. The van der Waals surface area contributed by atoms with E-state index >= 15 is 0 Å². The lowest BCUT2D eigenvalue weighted by molar-refractivity contribution is -0.142. The number of hydrogen-bond acceptors (Lipinski definition) is 8.